The Morgan fingerprint density at radius 2 is 1.85 bits per heavy atom. The number of nitrogens with one attached hydrogen (secondary N) is 1. The van der Waals surface area contributed by atoms with Crippen LogP contribution in [-0.4, -0.2) is 25.2 Å². The maximum absolute atomic E-state index is 13.8. The fourth-order valence-electron chi connectivity index (χ4n) is 2.42. The maximum atomic E-state index is 13.8. The minimum Gasteiger partial charge on any atom is -0.378 e. The van der Waals surface area contributed by atoms with E-state index in [0.29, 0.717) is 11.4 Å². The highest BCUT2D eigenvalue weighted by Crippen LogP contribution is 2.24. The Kier molecular flexibility index (Phi) is 4.97. The number of aromatic nitrogens is 1. The van der Waals surface area contributed by atoms with Gasteiger partial charge in [0.1, 0.15) is 11.6 Å². The molecule has 1 amide bonds. The molecule has 0 fully saturated rings. The van der Waals surface area contributed by atoms with E-state index in [1.54, 1.807) is 12.1 Å². The van der Waals surface area contributed by atoms with E-state index in [2.05, 4.69) is 10.5 Å². The molecule has 0 radical (unpaired) electrons. The predicted octanol–water partition coefficient (Wildman–Crippen LogP) is 3.87. The molecule has 26 heavy (non-hydrogen) atoms. The third-order valence-corrected chi connectivity index (χ3v) is 3.76. The van der Waals surface area contributed by atoms with Gasteiger partial charge in [-0.1, -0.05) is 5.16 Å². The van der Waals surface area contributed by atoms with Crippen LogP contribution < -0.4 is 10.2 Å². The first-order chi connectivity index (χ1) is 12.4. The standard InChI is InChI=1S/C19H17F2N3O2/c1-24(2)15-6-4-13(5-7-15)22-19(25)11-14-10-18(26-23-14)16-8-3-12(20)9-17(16)21/h3-10H,11H2,1-2H3,(H,22,25). The predicted molar refractivity (Wildman–Crippen MR) is 95.0 cm³/mol. The number of benzene rings is 2. The molecule has 2 aromatic carbocycles. The Morgan fingerprint density at radius 3 is 2.50 bits per heavy atom. The highest BCUT2D eigenvalue weighted by molar-refractivity contribution is 5.92. The second-order valence-electron chi connectivity index (χ2n) is 5.97. The van der Waals surface area contributed by atoms with E-state index in [9.17, 15) is 13.6 Å². The Balaban J connectivity index is 1.66. The summed E-state index contributed by atoms with van der Waals surface area (Å²) < 4.78 is 31.8. The van der Waals surface area contributed by atoms with Crippen molar-refractivity contribution in [1.82, 2.24) is 5.16 Å². The molecule has 0 aliphatic carbocycles. The van der Waals surface area contributed by atoms with E-state index in [1.807, 2.05) is 31.1 Å². The van der Waals surface area contributed by atoms with Gasteiger partial charge in [0.2, 0.25) is 5.91 Å². The average molecular weight is 357 g/mol. The molecule has 1 N–H and O–H groups in total. The lowest BCUT2D eigenvalue weighted by Gasteiger charge is -2.12. The fraction of sp³-hybridized carbons (Fsp3) is 0.158. The van der Waals surface area contributed by atoms with Gasteiger partial charge in [0.15, 0.2) is 5.76 Å². The van der Waals surface area contributed by atoms with Crippen molar-refractivity contribution < 1.29 is 18.1 Å². The lowest BCUT2D eigenvalue weighted by atomic mass is 10.1. The topological polar surface area (TPSA) is 58.4 Å². The largest absolute Gasteiger partial charge is 0.378 e. The minimum atomic E-state index is -0.752. The monoisotopic (exact) mass is 357 g/mol. The number of anilines is 2. The second kappa shape index (κ2) is 7.35. The van der Waals surface area contributed by atoms with Crippen LogP contribution in [0.15, 0.2) is 53.1 Å². The summed E-state index contributed by atoms with van der Waals surface area (Å²) in [5, 5.41) is 6.53. The van der Waals surface area contributed by atoms with Crippen molar-refractivity contribution in [1.29, 1.82) is 0 Å². The van der Waals surface area contributed by atoms with Crippen molar-refractivity contribution in [2.75, 3.05) is 24.3 Å². The van der Waals surface area contributed by atoms with Crippen LogP contribution in [0.3, 0.4) is 0 Å². The van der Waals surface area contributed by atoms with Gasteiger partial charge in [-0.15, -0.1) is 0 Å². The van der Waals surface area contributed by atoms with Gasteiger partial charge in [-0.3, -0.25) is 4.79 Å². The van der Waals surface area contributed by atoms with Crippen LogP contribution in [0.5, 0.6) is 0 Å². The van der Waals surface area contributed by atoms with Crippen molar-refractivity contribution in [2.45, 2.75) is 6.42 Å². The van der Waals surface area contributed by atoms with Crippen LogP contribution in [0.25, 0.3) is 11.3 Å². The lowest BCUT2D eigenvalue weighted by Crippen LogP contribution is -2.15. The van der Waals surface area contributed by atoms with Crippen LogP contribution in [0.1, 0.15) is 5.69 Å². The highest BCUT2D eigenvalue weighted by Gasteiger charge is 2.14. The lowest BCUT2D eigenvalue weighted by molar-refractivity contribution is -0.115. The number of nitrogens with zero attached hydrogens (tertiary/aromatic N) is 2. The SMILES string of the molecule is CN(C)c1ccc(NC(=O)Cc2cc(-c3ccc(F)cc3F)on2)cc1. The number of hydrogen-bond donors (Lipinski definition) is 1. The molecule has 5 nitrogen and oxygen atoms in total. The summed E-state index contributed by atoms with van der Waals surface area (Å²) in [5.74, 6) is -1.56. The normalized spacial score (nSPS) is 10.6. The van der Waals surface area contributed by atoms with E-state index in [0.717, 1.165) is 17.8 Å². The first-order valence-corrected chi connectivity index (χ1v) is 7.90. The van der Waals surface area contributed by atoms with Gasteiger partial charge in [-0.2, -0.15) is 0 Å². The summed E-state index contributed by atoms with van der Waals surface area (Å²) in [6, 6.07) is 12.0. The molecular weight excluding hydrogens is 340 g/mol. The van der Waals surface area contributed by atoms with Crippen molar-refractivity contribution in [3.63, 3.8) is 0 Å². The number of hydrogen-bond acceptors (Lipinski definition) is 4. The number of amides is 1. The summed E-state index contributed by atoms with van der Waals surface area (Å²) in [4.78, 5) is 14.1. The number of carbonyl (C=O) groups excluding carboxylic acids is 1. The summed E-state index contributed by atoms with van der Waals surface area (Å²) in [6.45, 7) is 0. The molecule has 0 saturated heterocycles. The van der Waals surface area contributed by atoms with Crippen molar-refractivity contribution in [3.8, 4) is 11.3 Å². The van der Waals surface area contributed by atoms with Crippen LogP contribution in [0.2, 0.25) is 0 Å². The summed E-state index contributed by atoms with van der Waals surface area (Å²) in [6.07, 6.45) is -0.0260. The van der Waals surface area contributed by atoms with Crippen LogP contribution in [0, 0.1) is 11.6 Å². The smallest absolute Gasteiger partial charge is 0.230 e. The Bertz CT molecular complexity index is 921. The Labute approximate surface area is 149 Å². The van der Waals surface area contributed by atoms with Gasteiger partial charge in [0, 0.05) is 37.6 Å². The molecule has 0 unspecified atom stereocenters. The molecule has 0 bridgehead atoms. The van der Waals surface area contributed by atoms with E-state index in [4.69, 9.17) is 4.52 Å². The quantitative estimate of drug-likeness (QED) is 0.753. The van der Waals surface area contributed by atoms with Gasteiger partial charge in [0.25, 0.3) is 0 Å². The zero-order valence-corrected chi connectivity index (χ0v) is 14.3. The molecule has 1 aromatic heterocycles. The van der Waals surface area contributed by atoms with E-state index >= 15 is 0 Å². The second-order valence-corrected chi connectivity index (χ2v) is 5.97. The molecule has 0 aliphatic heterocycles. The van der Waals surface area contributed by atoms with Gasteiger partial charge < -0.3 is 14.7 Å². The van der Waals surface area contributed by atoms with Crippen molar-refractivity contribution in [3.05, 3.63) is 65.9 Å². The summed E-state index contributed by atoms with van der Waals surface area (Å²) in [5.41, 5.74) is 2.12. The summed E-state index contributed by atoms with van der Waals surface area (Å²) >= 11 is 0. The zero-order valence-electron chi connectivity index (χ0n) is 14.3. The van der Waals surface area contributed by atoms with Crippen LogP contribution >= 0.6 is 0 Å². The number of carbonyl (C=O) groups is 1. The molecule has 0 saturated carbocycles. The van der Waals surface area contributed by atoms with Crippen molar-refractivity contribution in [2.24, 2.45) is 0 Å². The molecule has 0 aliphatic rings. The van der Waals surface area contributed by atoms with Gasteiger partial charge in [-0.05, 0) is 36.4 Å². The zero-order chi connectivity index (χ0) is 18.7. The van der Waals surface area contributed by atoms with Crippen molar-refractivity contribution >= 4 is 17.3 Å². The van der Waals surface area contributed by atoms with Gasteiger partial charge >= 0.3 is 0 Å². The van der Waals surface area contributed by atoms with Crippen LogP contribution in [0.4, 0.5) is 20.2 Å². The molecule has 3 aromatic rings. The number of rotatable bonds is 5. The molecule has 134 valence electrons. The minimum absolute atomic E-state index is 0.0260. The van der Waals surface area contributed by atoms with E-state index in [1.165, 1.54) is 12.1 Å². The summed E-state index contributed by atoms with van der Waals surface area (Å²) in [7, 11) is 3.86. The van der Waals surface area contributed by atoms with Crippen LogP contribution in [-0.2, 0) is 11.2 Å². The first kappa shape index (κ1) is 17.6. The molecule has 0 spiro atoms. The molecule has 3 rings (SSSR count). The number of halogens is 2. The maximum Gasteiger partial charge on any atom is 0.230 e. The molecule has 7 heteroatoms. The first-order valence-electron chi connectivity index (χ1n) is 7.90. The molecule has 1 heterocycles. The fourth-order valence-corrected chi connectivity index (χ4v) is 2.42. The highest BCUT2D eigenvalue weighted by atomic mass is 19.1. The average Bonchev–Trinajstić information content (AvgIpc) is 3.03. The Morgan fingerprint density at radius 1 is 1.12 bits per heavy atom. The van der Waals surface area contributed by atoms with E-state index < -0.39 is 11.6 Å². The van der Waals surface area contributed by atoms with Gasteiger partial charge in [-0.25, -0.2) is 8.78 Å². The molecular formula is C19H17F2N3O2. The molecule has 0 atom stereocenters. The third kappa shape index (κ3) is 4.05. The van der Waals surface area contributed by atoms with Gasteiger partial charge in [0.05, 0.1) is 17.7 Å². The van der Waals surface area contributed by atoms with E-state index in [-0.39, 0.29) is 23.7 Å². The Hall–Kier alpha value is -3.22. The third-order valence-electron chi connectivity index (χ3n) is 3.76.